The van der Waals surface area contributed by atoms with Crippen LogP contribution < -0.4 is 0 Å². The van der Waals surface area contributed by atoms with Gasteiger partial charge in [-0.05, 0) is 33.7 Å². The van der Waals surface area contributed by atoms with Gasteiger partial charge in [0.1, 0.15) is 0 Å². The Kier molecular flexibility index (Phi) is 2.75. The van der Waals surface area contributed by atoms with Gasteiger partial charge in [-0.3, -0.25) is 0 Å². The third-order valence-corrected chi connectivity index (χ3v) is 3.73. The molecule has 2 heterocycles. The van der Waals surface area contributed by atoms with Crippen molar-refractivity contribution in [3.63, 3.8) is 0 Å². The third-order valence-electron chi connectivity index (χ3n) is 3.73. The Bertz CT molecular complexity index is 177. The number of fused-ring (bicyclic) bond motifs is 1. The summed E-state index contributed by atoms with van der Waals surface area (Å²) in [4.78, 5) is 2.37. The zero-order valence-electron chi connectivity index (χ0n) is 9.59. The average Bonchev–Trinajstić information content (AvgIpc) is 2.42. The van der Waals surface area contributed by atoms with E-state index in [1.165, 1.54) is 12.8 Å². The van der Waals surface area contributed by atoms with Crippen LogP contribution >= 0.6 is 0 Å². The predicted molar refractivity (Wildman–Crippen MR) is 55.7 cm³/mol. The van der Waals surface area contributed by atoms with Gasteiger partial charge in [0.2, 0.25) is 0 Å². The molecule has 0 spiro atoms. The second-order valence-electron chi connectivity index (χ2n) is 4.82. The summed E-state index contributed by atoms with van der Waals surface area (Å²) in [5.41, 5.74) is -0.249. The highest BCUT2D eigenvalue weighted by atomic mass is 16.3. The lowest BCUT2D eigenvalue weighted by Gasteiger charge is -2.46. The van der Waals surface area contributed by atoms with Crippen LogP contribution in [0.25, 0.3) is 0 Å². The van der Waals surface area contributed by atoms with Crippen molar-refractivity contribution in [2.75, 3.05) is 13.6 Å². The van der Waals surface area contributed by atoms with Gasteiger partial charge in [-0.2, -0.15) is 0 Å². The van der Waals surface area contributed by atoms with E-state index in [9.17, 15) is 5.11 Å². The Hall–Kier alpha value is -0.0800. The molecule has 1 N–H and O–H groups in total. The Balaban J connectivity index is 0.000000396. The standard InChI is InChI=1S/C9H17NO.C2H6/c1-8(2,11)9-4-7(5-9)10(3)6-9;1-2/h7,11H,4-6H2,1-3H3;1-2H3. The maximum Gasteiger partial charge on any atom is 0.0661 e. The zero-order valence-corrected chi connectivity index (χ0v) is 9.59. The van der Waals surface area contributed by atoms with Crippen LogP contribution in [0.3, 0.4) is 0 Å². The van der Waals surface area contributed by atoms with Gasteiger partial charge in [-0.1, -0.05) is 13.8 Å². The van der Waals surface area contributed by atoms with Gasteiger partial charge in [-0.15, -0.1) is 0 Å². The Morgan fingerprint density at radius 2 is 1.77 bits per heavy atom. The number of hydrogen-bond donors (Lipinski definition) is 1. The number of aliphatic hydroxyl groups is 1. The summed E-state index contributed by atoms with van der Waals surface area (Å²) in [6, 6.07) is 0.765. The molecular formula is C11H23NO. The van der Waals surface area contributed by atoms with E-state index < -0.39 is 5.60 Å². The molecule has 13 heavy (non-hydrogen) atoms. The van der Waals surface area contributed by atoms with Crippen LogP contribution in [0.4, 0.5) is 0 Å². The minimum Gasteiger partial charge on any atom is -0.390 e. The summed E-state index contributed by atoms with van der Waals surface area (Å²) in [7, 11) is 2.16. The van der Waals surface area contributed by atoms with Gasteiger partial charge >= 0.3 is 0 Å². The molecule has 0 aromatic heterocycles. The molecule has 2 heteroatoms. The first-order valence-electron chi connectivity index (χ1n) is 5.37. The Labute approximate surface area is 81.9 Å². The highest BCUT2D eigenvalue weighted by Gasteiger charge is 2.60. The van der Waals surface area contributed by atoms with Crippen LogP contribution in [0.2, 0.25) is 0 Å². The highest BCUT2D eigenvalue weighted by molar-refractivity contribution is 5.13. The summed E-state index contributed by atoms with van der Waals surface area (Å²) in [6.07, 6.45) is 2.40. The normalized spacial score (nSPS) is 37.8. The molecule has 1 saturated carbocycles. The van der Waals surface area contributed by atoms with Crippen molar-refractivity contribution in [2.45, 2.75) is 52.2 Å². The minimum absolute atomic E-state index is 0.229. The molecule has 0 amide bonds. The van der Waals surface area contributed by atoms with Gasteiger partial charge in [-0.25, -0.2) is 0 Å². The molecule has 2 bridgehead atoms. The Morgan fingerprint density at radius 3 is 1.92 bits per heavy atom. The number of nitrogens with zero attached hydrogens (tertiary/aromatic N) is 1. The van der Waals surface area contributed by atoms with Crippen LogP contribution in [-0.2, 0) is 0 Å². The van der Waals surface area contributed by atoms with Gasteiger partial charge < -0.3 is 10.0 Å². The van der Waals surface area contributed by atoms with Gasteiger partial charge in [0.25, 0.3) is 0 Å². The van der Waals surface area contributed by atoms with E-state index in [4.69, 9.17) is 0 Å². The smallest absolute Gasteiger partial charge is 0.0661 e. The van der Waals surface area contributed by atoms with Crippen LogP contribution in [0, 0.1) is 5.41 Å². The summed E-state index contributed by atoms with van der Waals surface area (Å²) in [6.45, 7) is 8.98. The minimum atomic E-state index is -0.478. The number of rotatable bonds is 1. The number of hydrogen-bond acceptors (Lipinski definition) is 2. The van der Waals surface area contributed by atoms with Crippen LogP contribution in [0.1, 0.15) is 40.5 Å². The molecule has 0 radical (unpaired) electrons. The van der Waals surface area contributed by atoms with E-state index >= 15 is 0 Å². The van der Waals surface area contributed by atoms with Crippen LogP contribution in [0.15, 0.2) is 0 Å². The lowest BCUT2D eigenvalue weighted by atomic mass is 9.61. The first kappa shape index (κ1) is 11.0. The fraction of sp³-hybridized carbons (Fsp3) is 1.00. The van der Waals surface area contributed by atoms with Crippen molar-refractivity contribution in [2.24, 2.45) is 5.41 Å². The van der Waals surface area contributed by atoms with Gasteiger partial charge in [0, 0.05) is 18.0 Å². The maximum atomic E-state index is 9.91. The molecule has 1 aliphatic carbocycles. The van der Waals surface area contributed by atoms with Crippen LogP contribution in [-0.4, -0.2) is 35.2 Å². The molecule has 78 valence electrons. The molecule has 2 aliphatic heterocycles. The Morgan fingerprint density at radius 1 is 1.31 bits per heavy atom. The fourth-order valence-corrected chi connectivity index (χ4v) is 2.58. The van der Waals surface area contributed by atoms with E-state index in [0.717, 1.165) is 12.6 Å². The summed E-state index contributed by atoms with van der Waals surface area (Å²) in [5.74, 6) is 0. The first-order chi connectivity index (χ1) is 5.95. The topological polar surface area (TPSA) is 23.5 Å². The second-order valence-corrected chi connectivity index (χ2v) is 4.82. The lowest BCUT2D eigenvalue weighted by Crippen LogP contribution is -2.50. The van der Waals surface area contributed by atoms with Crippen molar-refractivity contribution in [3.05, 3.63) is 0 Å². The summed E-state index contributed by atoms with van der Waals surface area (Å²) in [5, 5.41) is 9.91. The molecule has 3 rings (SSSR count). The van der Waals surface area contributed by atoms with E-state index in [1.54, 1.807) is 0 Å². The van der Waals surface area contributed by atoms with Crippen molar-refractivity contribution in [1.82, 2.24) is 4.90 Å². The highest BCUT2D eigenvalue weighted by Crippen LogP contribution is 2.56. The molecule has 3 fully saturated rings. The molecular weight excluding hydrogens is 162 g/mol. The lowest BCUT2D eigenvalue weighted by molar-refractivity contribution is -0.0755. The predicted octanol–water partition coefficient (Wildman–Crippen LogP) is 1.88. The van der Waals surface area contributed by atoms with Gasteiger partial charge in [0.05, 0.1) is 5.60 Å². The molecule has 3 aliphatic rings. The van der Waals surface area contributed by atoms with Crippen LogP contribution in [0.5, 0.6) is 0 Å². The molecule has 0 aromatic carbocycles. The van der Waals surface area contributed by atoms with E-state index in [1.807, 2.05) is 27.7 Å². The van der Waals surface area contributed by atoms with Gasteiger partial charge in [0.15, 0.2) is 0 Å². The quantitative estimate of drug-likeness (QED) is 0.674. The molecule has 2 saturated heterocycles. The summed E-state index contributed by atoms with van der Waals surface area (Å²) < 4.78 is 0. The SMILES string of the molecule is CC.CN1CC2(C(C)(C)O)CC1C2. The largest absolute Gasteiger partial charge is 0.390 e. The molecule has 0 atom stereocenters. The molecule has 2 nitrogen and oxygen atoms in total. The summed E-state index contributed by atoms with van der Waals surface area (Å²) >= 11 is 0. The monoisotopic (exact) mass is 185 g/mol. The van der Waals surface area contributed by atoms with Crippen molar-refractivity contribution < 1.29 is 5.11 Å². The van der Waals surface area contributed by atoms with E-state index in [0.29, 0.717) is 0 Å². The van der Waals surface area contributed by atoms with E-state index in [-0.39, 0.29) is 5.41 Å². The third kappa shape index (κ3) is 1.50. The van der Waals surface area contributed by atoms with Crippen molar-refractivity contribution in [3.8, 4) is 0 Å². The van der Waals surface area contributed by atoms with E-state index in [2.05, 4.69) is 11.9 Å². The molecule has 0 unspecified atom stereocenters. The fourth-order valence-electron chi connectivity index (χ4n) is 2.58. The average molecular weight is 185 g/mol. The second kappa shape index (κ2) is 3.25. The van der Waals surface area contributed by atoms with Crippen molar-refractivity contribution in [1.29, 1.82) is 0 Å². The zero-order chi connectivity index (χ0) is 10.3. The first-order valence-corrected chi connectivity index (χ1v) is 5.37. The molecule has 0 aromatic rings. The maximum absolute atomic E-state index is 9.91. The van der Waals surface area contributed by atoms with Crippen molar-refractivity contribution >= 4 is 0 Å².